The van der Waals surface area contributed by atoms with Gasteiger partial charge in [0, 0.05) is 62.6 Å². The minimum atomic E-state index is -0.305. The van der Waals surface area contributed by atoms with Crippen LogP contribution in [0.3, 0.4) is 0 Å². The van der Waals surface area contributed by atoms with Gasteiger partial charge in [-0.2, -0.15) is 0 Å². The highest BCUT2D eigenvalue weighted by atomic mass is 35.5. The van der Waals surface area contributed by atoms with Gasteiger partial charge in [0.15, 0.2) is 0 Å². The molecule has 0 saturated carbocycles. The van der Waals surface area contributed by atoms with Crippen LogP contribution in [-0.4, -0.2) is 80.1 Å². The second-order valence-corrected chi connectivity index (χ2v) is 11.4. The average Bonchev–Trinajstić information content (AvgIpc) is 3.03. The van der Waals surface area contributed by atoms with Crippen LogP contribution in [0.15, 0.2) is 66.7 Å². The van der Waals surface area contributed by atoms with Crippen molar-refractivity contribution in [2.75, 3.05) is 68.0 Å². The first kappa shape index (κ1) is 30.7. The molecule has 11 heteroatoms. The topological polar surface area (TPSA) is 94.2 Å². The zero-order valence-electron chi connectivity index (χ0n) is 23.9. The number of nitrogens with one attached hydrogen (secondary N) is 2. The summed E-state index contributed by atoms with van der Waals surface area (Å²) < 4.78 is 5.31. The minimum Gasteiger partial charge on any atom is -0.378 e. The molecule has 2 heterocycles. The van der Waals surface area contributed by atoms with Crippen LogP contribution in [0.1, 0.15) is 28.8 Å². The highest BCUT2D eigenvalue weighted by Crippen LogP contribution is 2.33. The van der Waals surface area contributed by atoms with Crippen LogP contribution in [0.5, 0.6) is 0 Å². The van der Waals surface area contributed by atoms with Crippen molar-refractivity contribution in [2.45, 2.75) is 19.3 Å². The number of rotatable bonds is 8. The number of amides is 4. The van der Waals surface area contributed by atoms with Gasteiger partial charge in [-0.3, -0.25) is 9.59 Å². The van der Waals surface area contributed by atoms with Gasteiger partial charge in [-0.05, 0) is 54.8 Å². The van der Waals surface area contributed by atoms with E-state index in [0.717, 1.165) is 24.2 Å². The molecule has 3 aromatic carbocycles. The number of halogens is 2. The molecule has 9 nitrogen and oxygen atoms in total. The molecule has 0 aliphatic carbocycles. The third kappa shape index (κ3) is 8.19. The zero-order valence-corrected chi connectivity index (χ0v) is 25.4. The van der Waals surface area contributed by atoms with E-state index in [9.17, 15) is 14.4 Å². The monoisotopic (exact) mass is 623 g/mol. The normalized spacial score (nSPS) is 15.3. The van der Waals surface area contributed by atoms with Crippen LogP contribution >= 0.6 is 23.2 Å². The van der Waals surface area contributed by atoms with E-state index in [2.05, 4.69) is 27.7 Å². The van der Waals surface area contributed by atoms with Gasteiger partial charge in [0.2, 0.25) is 5.91 Å². The molecule has 2 saturated heterocycles. The number of ether oxygens (including phenoxy) is 1. The molecule has 0 bridgehead atoms. The molecule has 0 unspecified atom stereocenters. The molecule has 2 N–H and O–H groups in total. The molecule has 2 aliphatic rings. The predicted octanol–water partition coefficient (Wildman–Crippen LogP) is 5.78. The summed E-state index contributed by atoms with van der Waals surface area (Å²) in [6, 6.07) is 20.7. The summed E-state index contributed by atoms with van der Waals surface area (Å²) in [5.41, 5.74) is 3.67. The molecule has 2 fully saturated rings. The van der Waals surface area contributed by atoms with E-state index in [0.29, 0.717) is 64.5 Å². The summed E-state index contributed by atoms with van der Waals surface area (Å²) in [5.74, 6) is -0.169. The Morgan fingerprint density at radius 2 is 1.42 bits per heavy atom. The molecular formula is C32H35Cl2N5O4. The molecular weight excluding hydrogens is 589 g/mol. The van der Waals surface area contributed by atoms with Crippen molar-refractivity contribution in [3.05, 3.63) is 87.9 Å². The van der Waals surface area contributed by atoms with Crippen molar-refractivity contribution in [3.63, 3.8) is 0 Å². The van der Waals surface area contributed by atoms with Crippen molar-refractivity contribution >= 4 is 58.1 Å². The third-order valence-electron chi connectivity index (χ3n) is 7.61. The van der Waals surface area contributed by atoms with Crippen molar-refractivity contribution in [3.8, 4) is 0 Å². The largest absolute Gasteiger partial charge is 0.378 e. The Morgan fingerprint density at radius 3 is 2.07 bits per heavy atom. The van der Waals surface area contributed by atoms with Crippen molar-refractivity contribution in [2.24, 2.45) is 0 Å². The lowest BCUT2D eigenvalue weighted by atomic mass is 10.1. The molecule has 0 aromatic heterocycles. The number of carbonyl (C=O) groups excluding carboxylic acids is 3. The van der Waals surface area contributed by atoms with Crippen molar-refractivity contribution in [1.29, 1.82) is 0 Å². The fourth-order valence-electron chi connectivity index (χ4n) is 5.20. The van der Waals surface area contributed by atoms with E-state index < -0.39 is 0 Å². The Balaban J connectivity index is 1.08. The maximum Gasteiger partial charge on any atom is 0.322 e. The summed E-state index contributed by atoms with van der Waals surface area (Å²) in [7, 11) is 0. The molecule has 3 aromatic rings. The summed E-state index contributed by atoms with van der Waals surface area (Å²) in [6.07, 6.45) is 2.14. The van der Waals surface area contributed by atoms with Gasteiger partial charge >= 0.3 is 6.03 Å². The lowest BCUT2D eigenvalue weighted by Crippen LogP contribution is -2.50. The molecule has 0 atom stereocenters. The fraction of sp³-hybridized carbons (Fsp3) is 0.344. The van der Waals surface area contributed by atoms with E-state index in [4.69, 9.17) is 27.9 Å². The zero-order chi connectivity index (χ0) is 30.2. The second-order valence-electron chi connectivity index (χ2n) is 10.6. The maximum atomic E-state index is 13.0. The number of hydrogen-bond donors (Lipinski definition) is 2. The van der Waals surface area contributed by atoms with Gasteiger partial charge in [0.25, 0.3) is 5.91 Å². The predicted molar refractivity (Wildman–Crippen MR) is 170 cm³/mol. The lowest BCUT2D eigenvalue weighted by Gasteiger charge is -2.36. The van der Waals surface area contributed by atoms with E-state index >= 15 is 0 Å². The first-order valence-corrected chi connectivity index (χ1v) is 15.2. The Bertz CT molecular complexity index is 1400. The van der Waals surface area contributed by atoms with Gasteiger partial charge in [-0.1, -0.05) is 53.5 Å². The number of urea groups is 1. The van der Waals surface area contributed by atoms with Crippen molar-refractivity contribution < 1.29 is 19.1 Å². The maximum absolute atomic E-state index is 13.0. The van der Waals surface area contributed by atoms with Gasteiger partial charge < -0.3 is 30.1 Å². The quantitative estimate of drug-likeness (QED) is 0.332. The minimum absolute atomic E-state index is 0.00172. The van der Waals surface area contributed by atoms with E-state index in [1.54, 1.807) is 9.80 Å². The number of morpholine rings is 1. The first-order valence-electron chi connectivity index (χ1n) is 14.5. The van der Waals surface area contributed by atoms with Crippen LogP contribution in [-0.2, 0) is 16.0 Å². The highest BCUT2D eigenvalue weighted by molar-refractivity contribution is 6.40. The van der Waals surface area contributed by atoms with Gasteiger partial charge in [0.05, 0.1) is 28.9 Å². The molecule has 5 rings (SSSR count). The Hall–Kier alpha value is -3.79. The van der Waals surface area contributed by atoms with Crippen LogP contribution < -0.4 is 15.5 Å². The highest BCUT2D eigenvalue weighted by Gasteiger charge is 2.25. The van der Waals surface area contributed by atoms with Gasteiger partial charge in [-0.15, -0.1) is 0 Å². The average molecular weight is 625 g/mol. The third-order valence-corrected chi connectivity index (χ3v) is 8.21. The molecule has 226 valence electrons. The number of hydrogen-bond acceptors (Lipinski definition) is 5. The SMILES string of the molecule is O=C(CCCc1ccccc1)Nc1ccc(N2CCN(C(=O)Nc3c(Cl)cc(C(=O)N4CCOCC4)cc3Cl)CC2)cc1. The summed E-state index contributed by atoms with van der Waals surface area (Å²) >= 11 is 12.9. The Labute approximate surface area is 261 Å². The van der Waals surface area contributed by atoms with Crippen LogP contribution in [0.4, 0.5) is 21.9 Å². The van der Waals surface area contributed by atoms with E-state index in [-0.39, 0.29) is 33.6 Å². The standard InChI is InChI=1S/C32H35Cl2N5O4/c33-27-21-24(31(41)38-17-19-43-20-18-38)22-28(34)30(27)36-32(42)39-15-13-37(14-16-39)26-11-9-25(10-12-26)35-29(40)8-4-7-23-5-2-1-3-6-23/h1-3,5-6,9-12,21-22H,4,7-8,13-20H2,(H,35,40)(H,36,42). The molecule has 2 aliphatic heterocycles. The number of aryl methyl sites for hydroxylation is 1. The second kappa shape index (κ2) is 14.6. The molecule has 43 heavy (non-hydrogen) atoms. The van der Waals surface area contributed by atoms with Crippen LogP contribution in [0.2, 0.25) is 10.0 Å². The number of benzene rings is 3. The number of piperazine rings is 1. The number of anilines is 3. The molecule has 0 spiro atoms. The summed E-state index contributed by atoms with van der Waals surface area (Å²) in [6.45, 7) is 4.31. The summed E-state index contributed by atoms with van der Waals surface area (Å²) in [4.78, 5) is 43.8. The molecule has 4 amide bonds. The fourth-order valence-corrected chi connectivity index (χ4v) is 5.78. The summed E-state index contributed by atoms with van der Waals surface area (Å²) in [5, 5.41) is 6.21. The smallest absolute Gasteiger partial charge is 0.322 e. The van der Waals surface area contributed by atoms with Crippen LogP contribution in [0, 0.1) is 0 Å². The number of carbonyl (C=O) groups is 3. The first-order chi connectivity index (χ1) is 20.9. The lowest BCUT2D eigenvalue weighted by molar-refractivity contribution is -0.116. The Morgan fingerprint density at radius 1 is 0.767 bits per heavy atom. The van der Waals surface area contributed by atoms with Crippen LogP contribution in [0.25, 0.3) is 0 Å². The van der Waals surface area contributed by atoms with Gasteiger partial charge in [0.1, 0.15) is 0 Å². The van der Waals surface area contributed by atoms with E-state index in [1.807, 2.05) is 42.5 Å². The van der Waals surface area contributed by atoms with Crippen molar-refractivity contribution in [1.82, 2.24) is 9.80 Å². The molecule has 0 radical (unpaired) electrons. The number of nitrogens with zero attached hydrogens (tertiary/aromatic N) is 3. The van der Waals surface area contributed by atoms with E-state index in [1.165, 1.54) is 17.7 Å². The Kier molecular flexibility index (Phi) is 10.4. The van der Waals surface area contributed by atoms with Gasteiger partial charge in [-0.25, -0.2) is 4.79 Å².